The van der Waals surface area contributed by atoms with E-state index in [1.807, 2.05) is 0 Å². The van der Waals surface area contributed by atoms with Crippen LogP contribution in [0.3, 0.4) is 0 Å². The molecule has 0 spiro atoms. The predicted molar refractivity (Wildman–Crippen MR) is 111 cm³/mol. The highest BCUT2D eigenvalue weighted by molar-refractivity contribution is 9.10. The quantitative estimate of drug-likeness (QED) is 0.444. The third kappa shape index (κ3) is 4.01. The second kappa shape index (κ2) is 7.71. The number of hydrogen-bond acceptors (Lipinski definition) is 1. The average Bonchev–Trinajstić information content (AvgIpc) is 2.59. The van der Waals surface area contributed by atoms with Crippen molar-refractivity contribution in [2.24, 2.45) is 0 Å². The van der Waals surface area contributed by atoms with Gasteiger partial charge >= 0.3 is 0 Å². The Labute approximate surface area is 161 Å². The largest absolute Gasteiger partial charge is 0.311 e. The Hall–Kier alpha value is -1.32. The first kappa shape index (κ1) is 17.5. The molecule has 124 valence electrons. The lowest BCUT2D eigenvalue weighted by Crippen LogP contribution is -2.17. The summed E-state index contributed by atoms with van der Waals surface area (Å²) in [5, 5.41) is 0. The zero-order chi connectivity index (χ0) is 17.1. The lowest BCUT2D eigenvalue weighted by atomic mass is 10.0. The Morgan fingerprint density at radius 1 is 0.958 bits per heavy atom. The highest BCUT2D eigenvalue weighted by Gasteiger charge is 2.16. The fourth-order valence-corrected chi connectivity index (χ4v) is 3.40. The molecule has 0 bridgehead atoms. The molecular formula is C21H21Br2N. The number of halogens is 2. The van der Waals surface area contributed by atoms with Crippen LogP contribution < -0.4 is 4.90 Å². The molecule has 2 aromatic rings. The number of benzene rings is 2. The standard InChI is InChI=1S/C21H21Br2N/c1-15(2)16-3-9-19(10-4-16)24(20-11-5-17(22)6-12-20)21-13-7-18(23)8-14-21/h3-7,9-15,18H,8H2,1-2H3. The third-order valence-corrected chi connectivity index (χ3v) is 5.40. The maximum Gasteiger partial charge on any atom is 0.0462 e. The zero-order valence-corrected chi connectivity index (χ0v) is 17.1. The van der Waals surface area contributed by atoms with E-state index in [1.54, 1.807) is 0 Å². The highest BCUT2D eigenvalue weighted by Crippen LogP contribution is 2.34. The van der Waals surface area contributed by atoms with Crippen LogP contribution >= 0.6 is 31.9 Å². The molecular weight excluding hydrogens is 426 g/mol. The molecule has 0 N–H and O–H groups in total. The second-order valence-corrected chi connectivity index (χ2v) is 8.39. The van der Waals surface area contributed by atoms with Crippen LogP contribution in [0.5, 0.6) is 0 Å². The van der Waals surface area contributed by atoms with E-state index in [2.05, 4.69) is 117 Å². The molecule has 0 aromatic heterocycles. The van der Waals surface area contributed by atoms with Gasteiger partial charge in [-0.25, -0.2) is 0 Å². The van der Waals surface area contributed by atoms with E-state index in [-0.39, 0.29) is 0 Å². The summed E-state index contributed by atoms with van der Waals surface area (Å²) in [5.41, 5.74) is 4.93. The Kier molecular flexibility index (Phi) is 5.62. The molecule has 0 heterocycles. The van der Waals surface area contributed by atoms with Gasteiger partial charge in [0.05, 0.1) is 0 Å². The van der Waals surface area contributed by atoms with Gasteiger partial charge in [0.2, 0.25) is 0 Å². The van der Waals surface area contributed by atoms with Crippen molar-refractivity contribution in [1.29, 1.82) is 0 Å². The van der Waals surface area contributed by atoms with Gasteiger partial charge in [-0.1, -0.05) is 70.0 Å². The minimum Gasteiger partial charge on any atom is -0.311 e. The van der Waals surface area contributed by atoms with E-state index < -0.39 is 0 Å². The van der Waals surface area contributed by atoms with Crippen LogP contribution in [0, 0.1) is 0 Å². The minimum absolute atomic E-state index is 0.427. The average molecular weight is 447 g/mol. The van der Waals surface area contributed by atoms with Gasteiger partial charge in [0, 0.05) is 26.4 Å². The molecule has 0 aliphatic heterocycles. The molecule has 2 aromatic carbocycles. The van der Waals surface area contributed by atoms with Crippen LogP contribution in [0.25, 0.3) is 0 Å². The summed E-state index contributed by atoms with van der Waals surface area (Å²) in [6.07, 6.45) is 7.70. The van der Waals surface area contributed by atoms with E-state index in [9.17, 15) is 0 Å². The molecule has 1 nitrogen and oxygen atoms in total. The molecule has 0 fully saturated rings. The summed E-state index contributed by atoms with van der Waals surface area (Å²) in [6, 6.07) is 17.4. The third-order valence-electron chi connectivity index (χ3n) is 4.19. The number of hydrogen-bond donors (Lipinski definition) is 0. The van der Waals surface area contributed by atoms with Crippen LogP contribution in [-0.4, -0.2) is 4.83 Å². The Balaban J connectivity index is 2.01. The number of alkyl halides is 1. The lowest BCUT2D eigenvalue weighted by Gasteiger charge is -2.28. The highest BCUT2D eigenvalue weighted by atomic mass is 79.9. The van der Waals surface area contributed by atoms with Gasteiger partial charge in [-0.15, -0.1) is 0 Å². The molecule has 3 heteroatoms. The van der Waals surface area contributed by atoms with Gasteiger partial charge in [0.15, 0.2) is 0 Å². The van der Waals surface area contributed by atoms with Crippen molar-refractivity contribution >= 4 is 43.2 Å². The van der Waals surface area contributed by atoms with Crippen molar-refractivity contribution in [3.63, 3.8) is 0 Å². The summed E-state index contributed by atoms with van der Waals surface area (Å²) in [7, 11) is 0. The summed E-state index contributed by atoms with van der Waals surface area (Å²) in [4.78, 5) is 2.74. The minimum atomic E-state index is 0.427. The number of anilines is 2. The summed E-state index contributed by atoms with van der Waals surface area (Å²) in [6.45, 7) is 4.45. The van der Waals surface area contributed by atoms with Crippen molar-refractivity contribution in [3.8, 4) is 0 Å². The molecule has 1 aliphatic carbocycles. The monoisotopic (exact) mass is 445 g/mol. The van der Waals surface area contributed by atoms with Gasteiger partial charge in [0.1, 0.15) is 0 Å². The van der Waals surface area contributed by atoms with E-state index in [0.29, 0.717) is 10.7 Å². The number of nitrogens with zero attached hydrogens (tertiary/aromatic N) is 1. The van der Waals surface area contributed by atoms with Gasteiger partial charge in [-0.3, -0.25) is 0 Å². The van der Waals surface area contributed by atoms with Gasteiger partial charge in [0.25, 0.3) is 0 Å². The smallest absolute Gasteiger partial charge is 0.0462 e. The molecule has 0 amide bonds. The van der Waals surface area contributed by atoms with Crippen molar-refractivity contribution in [2.75, 3.05) is 4.90 Å². The fraction of sp³-hybridized carbons (Fsp3) is 0.238. The first-order valence-corrected chi connectivity index (χ1v) is 9.93. The first-order chi connectivity index (χ1) is 11.5. The van der Waals surface area contributed by atoms with E-state index in [0.717, 1.165) is 10.9 Å². The Morgan fingerprint density at radius 3 is 2.04 bits per heavy atom. The summed E-state index contributed by atoms with van der Waals surface area (Å²) >= 11 is 7.18. The van der Waals surface area contributed by atoms with Crippen LogP contribution in [0.1, 0.15) is 31.7 Å². The zero-order valence-electron chi connectivity index (χ0n) is 13.9. The van der Waals surface area contributed by atoms with Crippen molar-refractivity contribution in [2.45, 2.75) is 31.0 Å². The van der Waals surface area contributed by atoms with Crippen molar-refractivity contribution < 1.29 is 0 Å². The van der Waals surface area contributed by atoms with E-state index in [1.165, 1.54) is 22.6 Å². The van der Waals surface area contributed by atoms with Crippen LogP contribution in [0.15, 0.2) is 76.9 Å². The molecule has 1 aliphatic rings. The van der Waals surface area contributed by atoms with Crippen LogP contribution in [0.2, 0.25) is 0 Å². The van der Waals surface area contributed by atoms with Gasteiger partial charge < -0.3 is 4.90 Å². The Bertz CT molecular complexity index is 742. The molecule has 0 saturated heterocycles. The number of allylic oxidation sites excluding steroid dienone is 3. The second-order valence-electron chi connectivity index (χ2n) is 6.30. The van der Waals surface area contributed by atoms with Crippen LogP contribution in [0.4, 0.5) is 11.4 Å². The normalized spacial score (nSPS) is 17.0. The van der Waals surface area contributed by atoms with Crippen LogP contribution in [-0.2, 0) is 0 Å². The fourth-order valence-electron chi connectivity index (χ4n) is 2.79. The molecule has 3 rings (SSSR count). The molecule has 24 heavy (non-hydrogen) atoms. The van der Waals surface area contributed by atoms with E-state index >= 15 is 0 Å². The molecule has 0 saturated carbocycles. The summed E-state index contributed by atoms with van der Waals surface area (Å²) < 4.78 is 1.09. The van der Waals surface area contributed by atoms with Gasteiger partial charge in [-0.05, 0) is 60.4 Å². The van der Waals surface area contributed by atoms with Crippen molar-refractivity contribution in [3.05, 3.63) is 82.5 Å². The SMILES string of the molecule is CC(C)c1ccc(N(C2=CCC(Br)C=C2)c2ccc(Br)cc2)cc1. The Morgan fingerprint density at radius 2 is 1.54 bits per heavy atom. The van der Waals surface area contributed by atoms with E-state index in [4.69, 9.17) is 0 Å². The maximum absolute atomic E-state index is 3.66. The molecule has 1 unspecified atom stereocenters. The molecule has 1 atom stereocenters. The maximum atomic E-state index is 3.66. The lowest BCUT2D eigenvalue weighted by molar-refractivity contribution is 0.866. The first-order valence-electron chi connectivity index (χ1n) is 8.22. The van der Waals surface area contributed by atoms with Crippen molar-refractivity contribution in [1.82, 2.24) is 0 Å². The predicted octanol–water partition coefficient (Wildman–Crippen LogP) is 7.32. The topological polar surface area (TPSA) is 3.24 Å². The summed E-state index contributed by atoms with van der Waals surface area (Å²) in [5.74, 6) is 0.545. The molecule has 0 radical (unpaired) electrons. The van der Waals surface area contributed by atoms with Gasteiger partial charge in [-0.2, -0.15) is 0 Å². The number of rotatable bonds is 4.